The van der Waals surface area contributed by atoms with Gasteiger partial charge in [0, 0.05) is 28.0 Å². The molecule has 0 unspecified atom stereocenters. The Kier molecular flexibility index (Phi) is 4.90. The van der Waals surface area contributed by atoms with Crippen molar-refractivity contribution in [2.24, 2.45) is 23.3 Å². The number of hydrogen-bond acceptors (Lipinski definition) is 9. The molecule has 0 saturated carbocycles. The first-order valence-electron chi connectivity index (χ1n) is 9.76. The summed E-state index contributed by atoms with van der Waals surface area (Å²) < 4.78 is 0. The molecule has 0 fully saturated rings. The summed E-state index contributed by atoms with van der Waals surface area (Å²) in [7, 11) is 3.07. The molecular weight excluding hydrogens is 442 g/mol. The van der Waals surface area contributed by atoms with Crippen LogP contribution in [-0.4, -0.2) is 68.5 Å². The van der Waals surface area contributed by atoms with Crippen LogP contribution in [0, 0.1) is 11.8 Å². The average molecular weight is 464 g/mol. The van der Waals surface area contributed by atoms with Crippen LogP contribution < -0.4 is 11.5 Å². The summed E-state index contributed by atoms with van der Waals surface area (Å²) in [5.41, 5.74) is 7.26. The SMILES string of the molecule is CN(C)[C@@H]1C(=O)C(C(N)=O)=C(O)[C@@]2(O)C(N)=C3C(=O)c4c(O)ccc(Cl)c4[C@@H](O)[C@H]3C[C@@H]12. The van der Waals surface area contributed by atoms with Gasteiger partial charge in [-0.2, -0.15) is 0 Å². The van der Waals surface area contributed by atoms with Crippen molar-refractivity contribution in [1.82, 2.24) is 4.90 Å². The monoisotopic (exact) mass is 463 g/mol. The molecule has 10 nitrogen and oxygen atoms in total. The van der Waals surface area contributed by atoms with E-state index >= 15 is 0 Å². The first kappa shape index (κ1) is 22.3. The number of aliphatic hydroxyl groups excluding tert-OH is 2. The summed E-state index contributed by atoms with van der Waals surface area (Å²) in [5.74, 6) is -6.44. The zero-order valence-corrected chi connectivity index (χ0v) is 17.9. The second kappa shape index (κ2) is 7.04. The molecule has 0 aromatic heterocycles. The number of aliphatic hydroxyl groups is 3. The Morgan fingerprint density at radius 1 is 1.25 bits per heavy atom. The molecule has 170 valence electrons. The van der Waals surface area contributed by atoms with Crippen molar-refractivity contribution in [3.8, 4) is 5.75 Å². The van der Waals surface area contributed by atoms with Gasteiger partial charge in [-0.05, 0) is 32.6 Å². The lowest BCUT2D eigenvalue weighted by Crippen LogP contribution is -2.64. The van der Waals surface area contributed by atoms with Crippen molar-refractivity contribution in [2.45, 2.75) is 24.2 Å². The molecule has 0 aliphatic heterocycles. The number of fused-ring (bicyclic) bond motifs is 3. The molecule has 0 spiro atoms. The number of nitrogens with zero attached hydrogens (tertiary/aromatic N) is 1. The van der Waals surface area contributed by atoms with Crippen LogP contribution in [0.2, 0.25) is 5.02 Å². The van der Waals surface area contributed by atoms with Gasteiger partial charge in [0.05, 0.1) is 23.4 Å². The third-order valence-corrected chi connectivity index (χ3v) is 7.06. The molecule has 0 radical (unpaired) electrons. The van der Waals surface area contributed by atoms with Gasteiger partial charge in [-0.3, -0.25) is 19.3 Å². The number of rotatable bonds is 2. The zero-order valence-electron chi connectivity index (χ0n) is 17.2. The number of hydrogen-bond donors (Lipinski definition) is 6. The molecule has 11 heteroatoms. The minimum atomic E-state index is -2.47. The van der Waals surface area contributed by atoms with E-state index in [0.717, 1.165) is 0 Å². The predicted octanol–water partition coefficient (Wildman–Crippen LogP) is -0.334. The summed E-state index contributed by atoms with van der Waals surface area (Å²) in [6.45, 7) is 0. The molecule has 32 heavy (non-hydrogen) atoms. The predicted molar refractivity (Wildman–Crippen MR) is 111 cm³/mol. The Hall–Kier alpha value is -2.92. The van der Waals surface area contributed by atoms with Gasteiger partial charge in [-0.25, -0.2) is 0 Å². The van der Waals surface area contributed by atoms with Crippen LogP contribution in [0.4, 0.5) is 0 Å². The van der Waals surface area contributed by atoms with E-state index in [-0.39, 0.29) is 28.1 Å². The highest BCUT2D eigenvalue weighted by atomic mass is 35.5. The fraction of sp³-hybridized carbons (Fsp3) is 0.381. The van der Waals surface area contributed by atoms with Gasteiger partial charge >= 0.3 is 0 Å². The molecular formula is C21H22ClN3O7. The molecule has 8 N–H and O–H groups in total. The van der Waals surface area contributed by atoms with Gasteiger partial charge in [-0.15, -0.1) is 0 Å². The quantitative estimate of drug-likeness (QED) is 0.319. The van der Waals surface area contributed by atoms with E-state index in [1.807, 2.05) is 0 Å². The lowest BCUT2D eigenvalue weighted by Gasteiger charge is -2.51. The van der Waals surface area contributed by atoms with E-state index < -0.39 is 69.8 Å². The molecule has 4 rings (SSSR count). The number of carbonyl (C=O) groups excluding carboxylic acids is 3. The third kappa shape index (κ3) is 2.61. The van der Waals surface area contributed by atoms with Crippen LogP contribution in [0.25, 0.3) is 0 Å². The van der Waals surface area contributed by atoms with Gasteiger partial charge in [-0.1, -0.05) is 11.6 Å². The van der Waals surface area contributed by atoms with Crippen molar-refractivity contribution in [1.29, 1.82) is 0 Å². The molecule has 1 amide bonds. The zero-order chi connectivity index (χ0) is 23.9. The smallest absolute Gasteiger partial charge is 0.255 e. The molecule has 1 aromatic carbocycles. The van der Waals surface area contributed by atoms with Crippen molar-refractivity contribution in [3.63, 3.8) is 0 Å². The molecule has 5 atom stereocenters. The number of benzene rings is 1. The number of amides is 1. The van der Waals surface area contributed by atoms with Gasteiger partial charge < -0.3 is 31.9 Å². The van der Waals surface area contributed by atoms with Gasteiger partial charge in [0.15, 0.2) is 17.2 Å². The van der Waals surface area contributed by atoms with Crippen molar-refractivity contribution < 1.29 is 34.8 Å². The molecule has 3 aliphatic carbocycles. The van der Waals surface area contributed by atoms with Crippen LogP contribution in [0.15, 0.2) is 34.7 Å². The molecule has 0 saturated heterocycles. The second-order valence-electron chi connectivity index (χ2n) is 8.53. The number of carbonyl (C=O) groups is 3. The minimum absolute atomic E-state index is 0.0183. The summed E-state index contributed by atoms with van der Waals surface area (Å²) in [4.78, 5) is 39.8. The number of Topliss-reactive ketones (excluding diaryl/α,β-unsaturated/α-hetero) is 2. The highest BCUT2D eigenvalue weighted by Crippen LogP contribution is 2.55. The van der Waals surface area contributed by atoms with E-state index in [1.165, 1.54) is 31.1 Å². The van der Waals surface area contributed by atoms with Crippen molar-refractivity contribution in [3.05, 3.63) is 50.9 Å². The molecule has 0 bridgehead atoms. The maximum absolute atomic E-state index is 13.4. The standard InChI is InChI=1S/C21H22ClN3O7/c1-25(2)14-7-5-6-10(16(28)12-9(26)4-3-8(22)11(12)15(6)27)18(23)21(7,32)19(30)13(17(14)29)20(24)31/h3-4,6-7,14-15,26-27,30,32H,5,23H2,1-2H3,(H2,24,31)/t6-,7-,14-,15-,21-/m0/s1. The largest absolute Gasteiger partial charge is 0.508 e. The maximum atomic E-state index is 13.4. The maximum Gasteiger partial charge on any atom is 0.255 e. The van der Waals surface area contributed by atoms with Crippen LogP contribution in [0.5, 0.6) is 5.75 Å². The number of primary amides is 1. The van der Waals surface area contributed by atoms with E-state index in [2.05, 4.69) is 0 Å². The number of phenols is 1. The van der Waals surface area contributed by atoms with E-state index in [0.29, 0.717) is 0 Å². The minimum Gasteiger partial charge on any atom is -0.508 e. The van der Waals surface area contributed by atoms with Crippen LogP contribution in [-0.2, 0) is 9.59 Å². The lowest BCUT2D eigenvalue weighted by molar-refractivity contribution is -0.134. The topological polar surface area (TPSA) is 187 Å². The van der Waals surface area contributed by atoms with Crippen LogP contribution in [0.1, 0.15) is 28.4 Å². The number of halogens is 1. The third-order valence-electron chi connectivity index (χ3n) is 6.73. The van der Waals surface area contributed by atoms with E-state index in [4.69, 9.17) is 23.1 Å². The fourth-order valence-corrected chi connectivity index (χ4v) is 5.59. The average Bonchev–Trinajstić information content (AvgIpc) is 2.69. The van der Waals surface area contributed by atoms with Gasteiger partial charge in [0.1, 0.15) is 17.1 Å². The number of nitrogens with two attached hydrogens (primary N) is 2. The summed E-state index contributed by atoms with van der Waals surface area (Å²) in [6.07, 6.45) is -1.54. The Morgan fingerprint density at radius 2 is 1.88 bits per heavy atom. The first-order chi connectivity index (χ1) is 14.8. The Bertz CT molecular complexity index is 1160. The fourth-order valence-electron chi connectivity index (χ4n) is 5.32. The van der Waals surface area contributed by atoms with Gasteiger partial charge in [0.2, 0.25) is 0 Å². The number of likely N-dealkylation sites (N-methyl/N-ethyl adjacent to an activating group) is 1. The molecule has 1 aromatic rings. The number of phenolic OH excluding ortho intramolecular Hbond substituents is 1. The van der Waals surface area contributed by atoms with Crippen molar-refractivity contribution in [2.75, 3.05) is 14.1 Å². The second-order valence-corrected chi connectivity index (χ2v) is 8.94. The summed E-state index contributed by atoms with van der Waals surface area (Å²) in [5, 5.41) is 43.8. The normalized spacial score (nSPS) is 32.1. The Morgan fingerprint density at radius 3 is 2.44 bits per heavy atom. The summed E-state index contributed by atoms with van der Waals surface area (Å²) in [6, 6.07) is 1.39. The number of ketones is 2. The Balaban J connectivity index is 2.05. The van der Waals surface area contributed by atoms with E-state index in [9.17, 15) is 34.8 Å². The van der Waals surface area contributed by atoms with Crippen LogP contribution >= 0.6 is 11.6 Å². The number of aromatic hydroxyl groups is 1. The van der Waals surface area contributed by atoms with Gasteiger partial charge in [0.25, 0.3) is 5.91 Å². The molecule has 0 heterocycles. The highest BCUT2D eigenvalue weighted by molar-refractivity contribution is 6.32. The highest BCUT2D eigenvalue weighted by Gasteiger charge is 2.62. The first-order valence-corrected chi connectivity index (χ1v) is 10.1. The Labute approximate surface area is 187 Å². The van der Waals surface area contributed by atoms with Crippen LogP contribution in [0.3, 0.4) is 0 Å². The van der Waals surface area contributed by atoms with Crippen molar-refractivity contribution >= 4 is 29.1 Å². The van der Waals surface area contributed by atoms with E-state index in [1.54, 1.807) is 0 Å². The lowest BCUT2D eigenvalue weighted by atomic mass is 9.58. The molecule has 3 aliphatic rings. The summed E-state index contributed by atoms with van der Waals surface area (Å²) >= 11 is 6.20.